The summed E-state index contributed by atoms with van der Waals surface area (Å²) < 4.78 is 36.9. The van der Waals surface area contributed by atoms with Crippen molar-refractivity contribution in [1.82, 2.24) is 19.7 Å². The zero-order valence-electron chi connectivity index (χ0n) is 23.4. The number of fused-ring (bicyclic) bond motifs is 1. The molecule has 1 aliphatic carbocycles. The number of aryl methyl sites for hydroxylation is 1. The fraction of sp³-hybridized carbons (Fsp3) is 0.484. The van der Waals surface area contributed by atoms with Gasteiger partial charge in [-0.15, -0.1) is 10.2 Å². The number of hydrogen-bond acceptors (Lipinski definition) is 6. The second kappa shape index (κ2) is 10.5. The highest BCUT2D eigenvalue weighted by Gasteiger charge is 2.47. The molecule has 0 bridgehead atoms. The zero-order chi connectivity index (χ0) is 28.8. The number of piperidine rings is 1. The Morgan fingerprint density at radius 3 is 2.83 bits per heavy atom. The minimum atomic E-state index is -3.15. The standard InChI is InChI=1S/C31H34F2N6O2/c1-20-5-4-8-39(16-20)17-21-9-25(28-26(10-21)31(32,33)18-41-28)29(40)36-24-7-3-6-23(11-24)30(12-22(13-30)15-34)14-27-37-35-19-38(27)2/h3,6-7,9-11,19-20,22H,4-5,8,12-14,16-18H2,1-2H3,(H,36,40)/t20-,22?,30?/m0/s1. The Labute approximate surface area is 238 Å². The Morgan fingerprint density at radius 2 is 2.10 bits per heavy atom. The molecule has 1 atom stereocenters. The Kier molecular flexibility index (Phi) is 7.02. The van der Waals surface area contributed by atoms with Crippen LogP contribution < -0.4 is 10.1 Å². The molecule has 0 radical (unpaired) electrons. The molecule has 1 N–H and O–H groups in total. The first-order valence-corrected chi connectivity index (χ1v) is 14.2. The molecule has 1 aromatic heterocycles. The van der Waals surface area contributed by atoms with Crippen LogP contribution in [0.4, 0.5) is 14.5 Å². The normalized spacial score (nSPS) is 25.0. The monoisotopic (exact) mass is 560 g/mol. The van der Waals surface area contributed by atoms with E-state index in [2.05, 4.69) is 33.4 Å². The van der Waals surface area contributed by atoms with E-state index in [9.17, 15) is 18.8 Å². The number of nitrogens with zero attached hydrogens (tertiary/aromatic N) is 5. The quantitative estimate of drug-likeness (QED) is 0.427. The van der Waals surface area contributed by atoms with Crippen molar-refractivity contribution in [2.45, 2.75) is 56.9 Å². The summed E-state index contributed by atoms with van der Waals surface area (Å²) in [4.78, 5) is 15.9. The summed E-state index contributed by atoms with van der Waals surface area (Å²) in [7, 11) is 1.89. The summed E-state index contributed by atoms with van der Waals surface area (Å²) >= 11 is 0. The van der Waals surface area contributed by atoms with Crippen molar-refractivity contribution in [2.75, 3.05) is 25.0 Å². The highest BCUT2D eigenvalue weighted by molar-refractivity contribution is 6.06. The summed E-state index contributed by atoms with van der Waals surface area (Å²) in [5.41, 5.74) is 1.82. The third-order valence-corrected chi connectivity index (χ3v) is 8.82. The first kappa shape index (κ1) is 27.3. The molecular formula is C31H34F2N6O2. The maximum Gasteiger partial charge on any atom is 0.310 e. The van der Waals surface area contributed by atoms with Crippen LogP contribution in [0.15, 0.2) is 42.7 Å². The minimum Gasteiger partial charge on any atom is -0.486 e. The predicted molar refractivity (Wildman–Crippen MR) is 149 cm³/mol. The van der Waals surface area contributed by atoms with E-state index >= 15 is 0 Å². The summed E-state index contributed by atoms with van der Waals surface area (Å²) in [6, 6.07) is 13.1. The van der Waals surface area contributed by atoms with Crippen LogP contribution in [0, 0.1) is 23.2 Å². The van der Waals surface area contributed by atoms with E-state index in [0.29, 0.717) is 43.0 Å². The number of nitriles is 1. The van der Waals surface area contributed by atoms with Crippen LogP contribution in [0.1, 0.15) is 65.5 Å². The number of aromatic nitrogens is 3. The number of hydrogen-bond donors (Lipinski definition) is 1. The van der Waals surface area contributed by atoms with E-state index < -0.39 is 18.4 Å². The molecule has 3 aromatic rings. The molecule has 214 valence electrons. The number of ether oxygens (including phenoxy) is 1. The molecule has 2 aliphatic heterocycles. The van der Waals surface area contributed by atoms with Crippen LogP contribution in [0.2, 0.25) is 0 Å². The summed E-state index contributed by atoms with van der Waals surface area (Å²) in [5, 5.41) is 20.7. The van der Waals surface area contributed by atoms with Crippen molar-refractivity contribution in [1.29, 1.82) is 5.26 Å². The van der Waals surface area contributed by atoms with Crippen molar-refractivity contribution in [2.24, 2.45) is 18.9 Å². The second-order valence-corrected chi connectivity index (χ2v) is 12.1. The van der Waals surface area contributed by atoms with Crippen LogP contribution >= 0.6 is 0 Å². The SMILES string of the molecule is C[C@H]1CCCN(Cc2cc(C(=O)Nc3cccc(C4(Cc5nncn5C)CC(C#N)C4)c3)c3c(c2)C(F)(F)CO3)C1. The third kappa shape index (κ3) is 5.31. The van der Waals surface area contributed by atoms with Crippen molar-refractivity contribution in [3.63, 3.8) is 0 Å². The summed E-state index contributed by atoms with van der Waals surface area (Å²) in [5.74, 6) is -2.36. The van der Waals surface area contributed by atoms with Crippen molar-refractivity contribution in [3.8, 4) is 11.8 Å². The number of benzene rings is 2. The van der Waals surface area contributed by atoms with E-state index in [0.717, 1.165) is 37.3 Å². The van der Waals surface area contributed by atoms with E-state index in [-0.39, 0.29) is 28.2 Å². The largest absolute Gasteiger partial charge is 0.486 e. The number of likely N-dealkylation sites (tertiary alicyclic amines) is 1. The zero-order valence-corrected chi connectivity index (χ0v) is 23.4. The van der Waals surface area contributed by atoms with Gasteiger partial charge in [0, 0.05) is 43.6 Å². The molecule has 8 nitrogen and oxygen atoms in total. The van der Waals surface area contributed by atoms with Gasteiger partial charge in [0.25, 0.3) is 5.91 Å². The Balaban J connectivity index is 1.27. The number of carbonyl (C=O) groups excluding carboxylic acids is 1. The van der Waals surface area contributed by atoms with Crippen LogP contribution in [-0.2, 0) is 31.4 Å². The number of rotatable bonds is 7. The highest BCUT2D eigenvalue weighted by atomic mass is 19.3. The molecule has 1 saturated heterocycles. The lowest BCUT2D eigenvalue weighted by atomic mass is 9.57. The van der Waals surface area contributed by atoms with Crippen molar-refractivity contribution in [3.05, 3.63) is 70.8 Å². The van der Waals surface area contributed by atoms with Crippen LogP contribution in [0.5, 0.6) is 5.75 Å². The average molecular weight is 561 g/mol. The number of carbonyl (C=O) groups is 1. The van der Waals surface area contributed by atoms with Gasteiger partial charge in [-0.05, 0) is 73.5 Å². The van der Waals surface area contributed by atoms with Gasteiger partial charge in [0.15, 0.2) is 6.61 Å². The Morgan fingerprint density at radius 1 is 1.27 bits per heavy atom. The third-order valence-electron chi connectivity index (χ3n) is 8.82. The van der Waals surface area contributed by atoms with Crippen LogP contribution in [0.3, 0.4) is 0 Å². The predicted octanol–water partition coefficient (Wildman–Crippen LogP) is 5.20. The topological polar surface area (TPSA) is 96.1 Å². The fourth-order valence-electron chi connectivity index (χ4n) is 6.66. The molecule has 2 fully saturated rings. The molecule has 2 aromatic carbocycles. The lowest BCUT2D eigenvalue weighted by Gasteiger charge is -2.45. The summed E-state index contributed by atoms with van der Waals surface area (Å²) in [6.07, 6.45) is 5.87. The van der Waals surface area contributed by atoms with Gasteiger partial charge in [-0.25, -0.2) is 0 Å². The van der Waals surface area contributed by atoms with E-state index in [4.69, 9.17) is 4.74 Å². The van der Waals surface area contributed by atoms with Gasteiger partial charge in [-0.1, -0.05) is 19.1 Å². The van der Waals surface area contributed by atoms with Gasteiger partial charge in [0.2, 0.25) is 0 Å². The van der Waals surface area contributed by atoms with E-state index in [1.165, 1.54) is 6.07 Å². The lowest BCUT2D eigenvalue weighted by molar-refractivity contribution is -0.0215. The average Bonchev–Trinajstić information content (AvgIpc) is 3.46. The molecule has 0 spiro atoms. The fourth-order valence-corrected chi connectivity index (χ4v) is 6.66. The number of halogens is 2. The second-order valence-electron chi connectivity index (χ2n) is 12.1. The maximum atomic E-state index is 14.8. The van der Waals surface area contributed by atoms with Gasteiger partial charge in [0.1, 0.15) is 17.9 Å². The molecular weight excluding hydrogens is 526 g/mol. The molecule has 41 heavy (non-hydrogen) atoms. The molecule has 3 heterocycles. The Hall–Kier alpha value is -3.84. The molecule has 6 rings (SSSR count). The number of amides is 1. The molecule has 0 unspecified atom stereocenters. The minimum absolute atomic E-state index is 0.0472. The van der Waals surface area contributed by atoms with Crippen molar-refractivity contribution >= 4 is 11.6 Å². The van der Waals surface area contributed by atoms with E-state index in [1.54, 1.807) is 18.5 Å². The lowest BCUT2D eigenvalue weighted by Crippen LogP contribution is -2.43. The highest BCUT2D eigenvalue weighted by Crippen LogP contribution is 2.50. The van der Waals surface area contributed by atoms with Crippen molar-refractivity contribution < 1.29 is 18.3 Å². The number of anilines is 1. The number of alkyl halides is 2. The first-order valence-electron chi connectivity index (χ1n) is 14.2. The number of nitrogens with one attached hydrogen (secondary N) is 1. The molecule has 1 amide bonds. The van der Waals surface area contributed by atoms with Gasteiger partial charge in [0.05, 0.1) is 17.2 Å². The van der Waals surface area contributed by atoms with Gasteiger partial charge in [-0.2, -0.15) is 14.0 Å². The van der Waals surface area contributed by atoms with Gasteiger partial charge in [-0.3, -0.25) is 9.69 Å². The van der Waals surface area contributed by atoms with Gasteiger partial charge < -0.3 is 14.6 Å². The molecule has 3 aliphatic rings. The van der Waals surface area contributed by atoms with E-state index in [1.807, 2.05) is 29.8 Å². The Bertz CT molecular complexity index is 1510. The van der Waals surface area contributed by atoms with Crippen LogP contribution in [-0.4, -0.2) is 45.3 Å². The summed E-state index contributed by atoms with van der Waals surface area (Å²) in [6.45, 7) is 3.75. The maximum absolute atomic E-state index is 14.8. The smallest absolute Gasteiger partial charge is 0.310 e. The molecule has 10 heteroatoms. The van der Waals surface area contributed by atoms with Gasteiger partial charge >= 0.3 is 5.92 Å². The first-order chi connectivity index (χ1) is 19.7. The molecule has 1 saturated carbocycles. The van der Waals surface area contributed by atoms with Crippen LogP contribution in [0.25, 0.3) is 0 Å².